The average molecular weight is 461 g/mol. The van der Waals surface area contributed by atoms with E-state index in [-0.39, 0.29) is 5.75 Å². The van der Waals surface area contributed by atoms with E-state index >= 15 is 0 Å². The molecule has 1 amide bonds. The van der Waals surface area contributed by atoms with Crippen LogP contribution in [-0.2, 0) is 26.9 Å². The zero-order valence-corrected chi connectivity index (χ0v) is 16.1. The second-order valence-electron chi connectivity index (χ2n) is 5.07. The number of rotatable bonds is 6. The molecule has 0 fully saturated rings. The summed E-state index contributed by atoms with van der Waals surface area (Å²) >= 11 is 6.65. The second kappa shape index (κ2) is 8.08. The topological polar surface area (TPSA) is 63.2 Å². The van der Waals surface area contributed by atoms with Crippen molar-refractivity contribution in [2.24, 2.45) is 0 Å². The van der Waals surface area contributed by atoms with E-state index < -0.39 is 21.5 Å². The molecule has 2 rings (SSSR count). The summed E-state index contributed by atoms with van der Waals surface area (Å²) in [4.78, 5) is 11.9. The van der Waals surface area contributed by atoms with Gasteiger partial charge in [-0.3, -0.25) is 4.79 Å². The van der Waals surface area contributed by atoms with Crippen LogP contribution < -0.4 is 5.32 Å². The maximum Gasteiger partial charge on any atom is 0.235 e. The fourth-order valence-corrected chi connectivity index (χ4v) is 4.21. The van der Waals surface area contributed by atoms with Crippen LogP contribution in [0.25, 0.3) is 0 Å². The molecule has 23 heavy (non-hydrogen) atoms. The fourth-order valence-electron chi connectivity index (χ4n) is 2.03. The molecule has 0 heterocycles. The Bertz CT molecular complexity index is 806. The molecule has 0 radical (unpaired) electrons. The molecule has 0 aliphatic rings. The van der Waals surface area contributed by atoms with E-state index in [2.05, 4.69) is 37.2 Å². The van der Waals surface area contributed by atoms with Crippen molar-refractivity contribution in [2.75, 3.05) is 5.75 Å². The lowest BCUT2D eigenvalue weighted by Gasteiger charge is -2.07. The van der Waals surface area contributed by atoms with Crippen LogP contribution in [0.2, 0.25) is 0 Å². The van der Waals surface area contributed by atoms with Gasteiger partial charge >= 0.3 is 0 Å². The number of hydrogen-bond donors (Lipinski definition) is 1. The predicted molar refractivity (Wildman–Crippen MR) is 97.6 cm³/mol. The number of amides is 1. The van der Waals surface area contributed by atoms with Crippen LogP contribution in [0.4, 0.5) is 0 Å². The van der Waals surface area contributed by atoms with Gasteiger partial charge in [0.15, 0.2) is 9.84 Å². The maximum atomic E-state index is 12.1. The molecule has 0 bridgehead atoms. The first-order valence-corrected chi connectivity index (χ1v) is 10.2. The number of sulfone groups is 1. The summed E-state index contributed by atoms with van der Waals surface area (Å²) in [7, 11) is -3.51. The maximum absolute atomic E-state index is 12.1. The standard InChI is InChI=1S/C16H15Br2NO3S/c17-14-5-1-3-12(7-14)9-19-16(20)11-23(21,22)10-13-4-2-6-15(18)8-13/h1-8H,9-11H2,(H,19,20). The Kier molecular flexibility index (Phi) is 6.38. The van der Waals surface area contributed by atoms with Crippen molar-refractivity contribution < 1.29 is 13.2 Å². The van der Waals surface area contributed by atoms with Crippen LogP contribution in [-0.4, -0.2) is 20.1 Å². The lowest BCUT2D eigenvalue weighted by molar-refractivity contribution is -0.118. The van der Waals surface area contributed by atoms with E-state index in [0.29, 0.717) is 12.1 Å². The number of halogens is 2. The minimum atomic E-state index is -3.51. The van der Waals surface area contributed by atoms with Crippen LogP contribution in [0.15, 0.2) is 57.5 Å². The molecule has 4 nitrogen and oxygen atoms in total. The summed E-state index contributed by atoms with van der Waals surface area (Å²) in [6.07, 6.45) is 0. The van der Waals surface area contributed by atoms with Crippen LogP contribution in [0.5, 0.6) is 0 Å². The normalized spacial score (nSPS) is 11.2. The number of hydrogen-bond acceptors (Lipinski definition) is 3. The van der Waals surface area contributed by atoms with Gasteiger partial charge in [0.1, 0.15) is 5.75 Å². The van der Waals surface area contributed by atoms with E-state index in [9.17, 15) is 13.2 Å². The predicted octanol–water partition coefficient (Wildman–Crippen LogP) is 3.44. The molecular weight excluding hydrogens is 446 g/mol. The van der Waals surface area contributed by atoms with Gasteiger partial charge in [0.05, 0.1) is 5.75 Å². The molecule has 0 aliphatic heterocycles. The Morgan fingerprint density at radius 1 is 0.957 bits per heavy atom. The molecule has 1 N–H and O–H groups in total. The van der Waals surface area contributed by atoms with Crippen molar-refractivity contribution in [3.8, 4) is 0 Å². The van der Waals surface area contributed by atoms with Crippen molar-refractivity contribution >= 4 is 47.6 Å². The van der Waals surface area contributed by atoms with Gasteiger partial charge in [-0.15, -0.1) is 0 Å². The van der Waals surface area contributed by atoms with Crippen molar-refractivity contribution in [3.05, 3.63) is 68.6 Å². The van der Waals surface area contributed by atoms with E-state index in [4.69, 9.17) is 0 Å². The second-order valence-corrected chi connectivity index (χ2v) is 8.96. The Hall–Kier alpha value is -1.18. The van der Waals surface area contributed by atoms with Gasteiger partial charge < -0.3 is 5.32 Å². The van der Waals surface area contributed by atoms with Crippen LogP contribution in [0.1, 0.15) is 11.1 Å². The average Bonchev–Trinajstić information content (AvgIpc) is 2.44. The lowest BCUT2D eigenvalue weighted by Crippen LogP contribution is -2.30. The third kappa shape index (κ3) is 6.45. The molecule has 2 aromatic rings. The van der Waals surface area contributed by atoms with E-state index in [1.807, 2.05) is 30.3 Å². The molecule has 0 saturated carbocycles. The van der Waals surface area contributed by atoms with Crippen LogP contribution in [0, 0.1) is 0 Å². The van der Waals surface area contributed by atoms with Crippen molar-refractivity contribution in [3.63, 3.8) is 0 Å². The summed E-state index contributed by atoms with van der Waals surface area (Å²) in [6.45, 7) is 0.296. The van der Waals surface area contributed by atoms with Gasteiger partial charge in [-0.1, -0.05) is 56.1 Å². The highest BCUT2D eigenvalue weighted by Gasteiger charge is 2.17. The molecule has 0 unspecified atom stereocenters. The van der Waals surface area contributed by atoms with Gasteiger partial charge in [0.2, 0.25) is 5.91 Å². The minimum absolute atomic E-state index is 0.156. The minimum Gasteiger partial charge on any atom is -0.351 e. The third-order valence-electron chi connectivity index (χ3n) is 3.01. The van der Waals surface area contributed by atoms with Crippen molar-refractivity contribution in [1.29, 1.82) is 0 Å². The SMILES string of the molecule is O=C(CS(=O)(=O)Cc1cccc(Br)c1)NCc1cccc(Br)c1. The molecule has 0 spiro atoms. The van der Waals surface area contributed by atoms with Gasteiger partial charge in [-0.25, -0.2) is 8.42 Å². The van der Waals surface area contributed by atoms with Gasteiger partial charge in [0.25, 0.3) is 0 Å². The monoisotopic (exact) mass is 459 g/mol. The Morgan fingerprint density at radius 3 is 2.13 bits per heavy atom. The van der Waals surface area contributed by atoms with Crippen LogP contribution >= 0.6 is 31.9 Å². The first-order chi connectivity index (χ1) is 10.8. The number of nitrogens with one attached hydrogen (secondary N) is 1. The van der Waals surface area contributed by atoms with Gasteiger partial charge in [0, 0.05) is 15.5 Å². The quantitative estimate of drug-likeness (QED) is 0.718. The molecule has 0 atom stereocenters. The summed E-state index contributed by atoms with van der Waals surface area (Å²) in [5, 5.41) is 2.63. The largest absolute Gasteiger partial charge is 0.351 e. The highest BCUT2D eigenvalue weighted by molar-refractivity contribution is 9.10. The number of carbonyl (C=O) groups is 1. The fraction of sp³-hybridized carbons (Fsp3) is 0.188. The summed E-state index contributed by atoms with van der Waals surface area (Å²) < 4.78 is 25.9. The smallest absolute Gasteiger partial charge is 0.235 e. The number of carbonyl (C=O) groups excluding carboxylic acids is 1. The van der Waals surface area contributed by atoms with E-state index in [1.54, 1.807) is 18.2 Å². The van der Waals surface area contributed by atoms with E-state index in [0.717, 1.165) is 14.5 Å². The van der Waals surface area contributed by atoms with Gasteiger partial charge in [-0.2, -0.15) is 0 Å². The molecular formula is C16H15Br2NO3S. The molecule has 2 aromatic carbocycles. The zero-order chi connectivity index (χ0) is 16.9. The Balaban J connectivity index is 1.91. The first kappa shape index (κ1) is 18.2. The Labute approximate surface area is 152 Å². The van der Waals surface area contributed by atoms with Crippen LogP contribution in [0.3, 0.4) is 0 Å². The van der Waals surface area contributed by atoms with Crippen molar-refractivity contribution in [1.82, 2.24) is 5.32 Å². The molecule has 0 saturated heterocycles. The molecule has 0 aliphatic carbocycles. The molecule has 122 valence electrons. The third-order valence-corrected chi connectivity index (χ3v) is 5.47. The highest BCUT2D eigenvalue weighted by atomic mass is 79.9. The Morgan fingerprint density at radius 2 is 1.52 bits per heavy atom. The van der Waals surface area contributed by atoms with Gasteiger partial charge in [-0.05, 0) is 35.4 Å². The molecule has 7 heteroatoms. The summed E-state index contributed by atoms with van der Waals surface area (Å²) in [5.74, 6) is -1.18. The molecule has 0 aromatic heterocycles. The highest BCUT2D eigenvalue weighted by Crippen LogP contribution is 2.14. The first-order valence-electron chi connectivity index (χ1n) is 6.80. The summed E-state index contributed by atoms with van der Waals surface area (Å²) in [5.41, 5.74) is 1.55. The van der Waals surface area contributed by atoms with E-state index in [1.165, 1.54) is 0 Å². The zero-order valence-electron chi connectivity index (χ0n) is 12.1. The van der Waals surface area contributed by atoms with Crippen molar-refractivity contribution in [2.45, 2.75) is 12.3 Å². The lowest BCUT2D eigenvalue weighted by atomic mass is 10.2. The number of benzene rings is 2. The summed E-state index contributed by atoms with van der Waals surface area (Å²) in [6, 6.07) is 14.5.